The van der Waals surface area contributed by atoms with Gasteiger partial charge < -0.3 is 19.3 Å². The number of amides is 2. The lowest BCUT2D eigenvalue weighted by atomic mass is 9.82. The topological polar surface area (TPSA) is 71.4 Å². The monoisotopic (exact) mass is 655 g/mol. The minimum absolute atomic E-state index is 0.0230. The molecule has 7 heteroatoms. The summed E-state index contributed by atoms with van der Waals surface area (Å²) in [5.41, 5.74) is 6.20. The molecule has 1 fully saturated rings. The molecule has 4 aromatic rings. The minimum Gasteiger partial charge on any atom is -0.482 e. The van der Waals surface area contributed by atoms with Crippen LogP contribution in [0.5, 0.6) is 5.75 Å². The molecule has 0 radical (unpaired) electrons. The molecule has 2 amide bonds. The lowest BCUT2D eigenvalue weighted by Gasteiger charge is -2.43. The number of benzene rings is 4. The number of likely N-dealkylation sites (tertiary alicyclic amines) is 1. The van der Waals surface area contributed by atoms with Crippen molar-refractivity contribution in [2.24, 2.45) is 4.99 Å². The van der Waals surface area contributed by atoms with Gasteiger partial charge in [0, 0.05) is 61.3 Å². The number of ether oxygens (including phenoxy) is 2. The third kappa shape index (κ3) is 7.62. The van der Waals surface area contributed by atoms with Crippen LogP contribution in [0.25, 0.3) is 5.57 Å². The highest BCUT2D eigenvalue weighted by Gasteiger charge is 2.41. The summed E-state index contributed by atoms with van der Waals surface area (Å²) in [4.78, 5) is 34.8. The van der Waals surface area contributed by atoms with Gasteiger partial charge in [-0.3, -0.25) is 4.79 Å². The van der Waals surface area contributed by atoms with Crippen molar-refractivity contribution in [1.82, 2.24) is 9.80 Å². The van der Waals surface area contributed by atoms with Crippen molar-refractivity contribution in [2.75, 3.05) is 26.2 Å². The average Bonchev–Trinajstić information content (AvgIpc) is 3.11. The summed E-state index contributed by atoms with van der Waals surface area (Å²) in [5, 5.41) is 0. The van der Waals surface area contributed by atoms with Crippen LogP contribution in [0.1, 0.15) is 80.1 Å². The van der Waals surface area contributed by atoms with Crippen molar-refractivity contribution in [1.29, 1.82) is 0 Å². The number of hydrogen-bond acceptors (Lipinski definition) is 5. The van der Waals surface area contributed by atoms with E-state index >= 15 is 0 Å². The predicted octanol–water partition coefficient (Wildman–Crippen LogP) is 8.93. The Labute approximate surface area is 289 Å². The van der Waals surface area contributed by atoms with E-state index in [4.69, 9.17) is 14.5 Å². The van der Waals surface area contributed by atoms with Gasteiger partial charge in [-0.25, -0.2) is 9.79 Å². The molecule has 6 rings (SSSR count). The molecule has 1 spiro atoms. The Kier molecular flexibility index (Phi) is 9.72. The first kappa shape index (κ1) is 33.7. The van der Waals surface area contributed by atoms with Crippen LogP contribution in [-0.4, -0.2) is 64.9 Å². The van der Waals surface area contributed by atoms with E-state index in [0.29, 0.717) is 44.6 Å². The van der Waals surface area contributed by atoms with Crippen molar-refractivity contribution >= 4 is 29.0 Å². The Balaban J connectivity index is 1.39. The summed E-state index contributed by atoms with van der Waals surface area (Å²) in [6.07, 6.45) is 3.16. The van der Waals surface area contributed by atoms with Gasteiger partial charge in [-0.05, 0) is 82.2 Å². The van der Waals surface area contributed by atoms with Crippen molar-refractivity contribution in [3.8, 4) is 5.75 Å². The van der Waals surface area contributed by atoms with E-state index in [1.54, 1.807) is 4.90 Å². The van der Waals surface area contributed by atoms with E-state index in [-0.39, 0.29) is 12.0 Å². The van der Waals surface area contributed by atoms with Gasteiger partial charge in [-0.1, -0.05) is 72.8 Å². The summed E-state index contributed by atoms with van der Waals surface area (Å²) in [6.45, 7) is 12.0. The zero-order valence-corrected chi connectivity index (χ0v) is 29.1. The van der Waals surface area contributed by atoms with Crippen LogP contribution in [-0.2, 0) is 4.74 Å². The first-order valence-electron chi connectivity index (χ1n) is 17.2. The third-order valence-electron chi connectivity index (χ3n) is 9.06. The predicted molar refractivity (Wildman–Crippen MR) is 196 cm³/mol. The van der Waals surface area contributed by atoms with Gasteiger partial charge in [0.1, 0.15) is 17.0 Å². The highest BCUT2D eigenvalue weighted by molar-refractivity contribution is 6.14. The summed E-state index contributed by atoms with van der Waals surface area (Å²) in [5.74, 6) is 0.793. The molecule has 2 heterocycles. The van der Waals surface area contributed by atoms with E-state index in [1.807, 2.05) is 112 Å². The molecule has 2 aliphatic rings. The van der Waals surface area contributed by atoms with Crippen LogP contribution >= 0.6 is 0 Å². The normalized spacial score (nSPS) is 15.0. The van der Waals surface area contributed by atoms with Gasteiger partial charge in [0.05, 0.1) is 11.4 Å². The number of carbonyl (C=O) groups is 2. The van der Waals surface area contributed by atoms with Gasteiger partial charge >= 0.3 is 6.09 Å². The van der Waals surface area contributed by atoms with Crippen LogP contribution in [0, 0.1) is 0 Å². The van der Waals surface area contributed by atoms with Gasteiger partial charge in [-0.2, -0.15) is 0 Å². The first-order valence-corrected chi connectivity index (χ1v) is 17.2. The molecule has 4 aromatic carbocycles. The van der Waals surface area contributed by atoms with Crippen molar-refractivity contribution in [3.05, 3.63) is 137 Å². The van der Waals surface area contributed by atoms with E-state index in [1.165, 1.54) is 0 Å². The Morgan fingerprint density at radius 3 is 1.96 bits per heavy atom. The van der Waals surface area contributed by atoms with E-state index in [0.717, 1.165) is 45.0 Å². The van der Waals surface area contributed by atoms with E-state index < -0.39 is 11.2 Å². The van der Waals surface area contributed by atoms with Gasteiger partial charge in [0.2, 0.25) is 0 Å². The number of piperidine rings is 1. The SMILES string of the molecule is CCN(CC)C(=O)c1ccc(C2=CC3(CCN(C(=O)OC(C)(C)C)CC3)Oc3ccc(N=C(c4ccccc4)c4ccccc4)cc32)cc1. The number of hydrogen-bond donors (Lipinski definition) is 0. The second-order valence-electron chi connectivity index (χ2n) is 13.6. The Hall–Kier alpha value is -5.17. The molecular weight excluding hydrogens is 610 g/mol. The van der Waals surface area contributed by atoms with Crippen LogP contribution in [0.2, 0.25) is 0 Å². The molecule has 1 saturated heterocycles. The second-order valence-corrected chi connectivity index (χ2v) is 13.6. The highest BCUT2D eigenvalue weighted by atomic mass is 16.6. The number of carbonyl (C=O) groups excluding carboxylic acids is 2. The van der Waals surface area contributed by atoms with Crippen LogP contribution in [0.15, 0.2) is 114 Å². The summed E-state index contributed by atoms with van der Waals surface area (Å²) < 4.78 is 12.5. The number of aliphatic imine (C=N–C) groups is 1. The third-order valence-corrected chi connectivity index (χ3v) is 9.06. The quantitative estimate of drug-likeness (QED) is 0.187. The molecule has 0 aromatic heterocycles. The molecule has 0 bridgehead atoms. The number of fused-ring (bicyclic) bond motifs is 1. The summed E-state index contributed by atoms with van der Waals surface area (Å²) >= 11 is 0. The average molecular weight is 656 g/mol. The number of nitrogens with zero attached hydrogens (tertiary/aromatic N) is 3. The fraction of sp³-hybridized carbons (Fsp3) is 0.310. The first-order chi connectivity index (χ1) is 23.6. The van der Waals surface area contributed by atoms with E-state index in [9.17, 15) is 9.59 Å². The molecule has 7 nitrogen and oxygen atoms in total. The second kappa shape index (κ2) is 14.1. The van der Waals surface area contributed by atoms with Gasteiger partial charge in [0.25, 0.3) is 5.91 Å². The minimum atomic E-state index is -0.597. The van der Waals surface area contributed by atoms with Gasteiger partial charge in [-0.15, -0.1) is 0 Å². The molecule has 2 aliphatic heterocycles. The Morgan fingerprint density at radius 2 is 1.41 bits per heavy atom. The van der Waals surface area contributed by atoms with Crippen molar-refractivity contribution < 1.29 is 19.1 Å². The maximum absolute atomic E-state index is 13.1. The van der Waals surface area contributed by atoms with Crippen LogP contribution in [0.3, 0.4) is 0 Å². The highest BCUT2D eigenvalue weighted by Crippen LogP contribution is 2.45. The van der Waals surface area contributed by atoms with Gasteiger partial charge in [0.15, 0.2) is 0 Å². The smallest absolute Gasteiger partial charge is 0.410 e. The zero-order chi connectivity index (χ0) is 34.6. The molecule has 0 N–H and O–H groups in total. The lowest BCUT2D eigenvalue weighted by Crippen LogP contribution is -2.50. The standard InChI is InChI=1S/C42H45N3O4/c1-6-44(7-2)39(46)33-20-18-30(19-21-33)36-29-42(24-26-45(27-25-42)40(47)49-41(3,4)5)48-37-23-22-34(28-35(36)37)43-38(31-14-10-8-11-15-31)32-16-12-9-13-17-32/h8-23,28-29H,6-7,24-27H2,1-5H3. The maximum atomic E-state index is 13.1. The maximum Gasteiger partial charge on any atom is 0.410 e. The molecule has 49 heavy (non-hydrogen) atoms. The fourth-order valence-corrected chi connectivity index (χ4v) is 6.46. The lowest BCUT2D eigenvalue weighted by molar-refractivity contribution is -0.00117. The summed E-state index contributed by atoms with van der Waals surface area (Å²) in [7, 11) is 0. The molecule has 0 atom stereocenters. The van der Waals surface area contributed by atoms with Crippen molar-refractivity contribution in [2.45, 2.75) is 58.7 Å². The van der Waals surface area contributed by atoms with Crippen LogP contribution in [0.4, 0.5) is 10.5 Å². The van der Waals surface area contributed by atoms with Crippen LogP contribution < -0.4 is 4.74 Å². The van der Waals surface area contributed by atoms with Crippen molar-refractivity contribution in [3.63, 3.8) is 0 Å². The largest absolute Gasteiger partial charge is 0.482 e. The molecule has 0 saturated carbocycles. The molecule has 0 aliphatic carbocycles. The molecule has 0 unspecified atom stereocenters. The number of rotatable bonds is 7. The zero-order valence-electron chi connectivity index (χ0n) is 29.1. The molecular formula is C42H45N3O4. The molecule has 252 valence electrons. The fourth-order valence-electron chi connectivity index (χ4n) is 6.46. The Morgan fingerprint density at radius 1 is 0.816 bits per heavy atom. The Bertz CT molecular complexity index is 1800. The van der Waals surface area contributed by atoms with E-state index in [2.05, 4.69) is 36.4 Å². The summed E-state index contributed by atoms with van der Waals surface area (Å²) in [6, 6.07) is 34.4.